The van der Waals surface area contributed by atoms with Gasteiger partial charge in [-0.25, -0.2) is 9.78 Å². The number of carboxylic acid groups (broad SMARTS) is 1. The van der Waals surface area contributed by atoms with Crippen LogP contribution < -0.4 is 4.90 Å². The summed E-state index contributed by atoms with van der Waals surface area (Å²) in [5.41, 5.74) is 0. The summed E-state index contributed by atoms with van der Waals surface area (Å²) in [6, 6.07) is 3.14. The van der Waals surface area contributed by atoms with Crippen LogP contribution in [0.25, 0.3) is 0 Å². The van der Waals surface area contributed by atoms with E-state index >= 15 is 0 Å². The van der Waals surface area contributed by atoms with Gasteiger partial charge in [-0.05, 0) is 41.6 Å². The van der Waals surface area contributed by atoms with Crippen molar-refractivity contribution in [2.75, 3.05) is 11.9 Å². The molecule has 0 bridgehead atoms. The van der Waals surface area contributed by atoms with Gasteiger partial charge in [0.05, 0.1) is 0 Å². The molecule has 1 heterocycles. The molecule has 76 valence electrons. The van der Waals surface area contributed by atoms with Gasteiger partial charge in [-0.3, -0.25) is 0 Å². The second-order valence-electron chi connectivity index (χ2n) is 2.96. The van der Waals surface area contributed by atoms with Crippen LogP contribution >= 0.6 is 22.6 Å². The maximum atomic E-state index is 10.7. The van der Waals surface area contributed by atoms with Gasteiger partial charge in [-0.1, -0.05) is 0 Å². The lowest BCUT2D eigenvalue weighted by atomic mass is 10.3. The van der Waals surface area contributed by atoms with E-state index in [0.717, 1.165) is 3.57 Å². The molecular weight excluding hydrogens is 295 g/mol. The lowest BCUT2D eigenvalue weighted by molar-refractivity contribution is -0.138. The van der Waals surface area contributed by atoms with E-state index in [0.29, 0.717) is 5.82 Å². The molecule has 1 rings (SSSR count). The van der Waals surface area contributed by atoms with E-state index in [2.05, 4.69) is 27.6 Å². The van der Waals surface area contributed by atoms with Crippen molar-refractivity contribution in [1.82, 2.24) is 4.98 Å². The van der Waals surface area contributed by atoms with Crippen molar-refractivity contribution in [3.8, 4) is 0 Å². The molecule has 14 heavy (non-hydrogen) atoms. The minimum atomic E-state index is -0.854. The van der Waals surface area contributed by atoms with E-state index in [1.165, 1.54) is 0 Å². The zero-order valence-electron chi connectivity index (χ0n) is 7.94. The van der Waals surface area contributed by atoms with Crippen LogP contribution in [0, 0.1) is 3.57 Å². The van der Waals surface area contributed by atoms with Crippen molar-refractivity contribution in [2.24, 2.45) is 0 Å². The number of anilines is 1. The standard InChI is InChI=1S/C9H11IN2O2/c1-6(9(13)14)12(2)8-4-3-7(10)5-11-8/h3-6H,1-2H3,(H,13,14). The predicted octanol–water partition coefficient (Wildman–Crippen LogP) is 1.60. The number of aliphatic carboxylic acids is 1. The molecule has 0 aliphatic carbocycles. The molecule has 0 fully saturated rings. The zero-order valence-corrected chi connectivity index (χ0v) is 10.1. The number of rotatable bonds is 3. The summed E-state index contributed by atoms with van der Waals surface area (Å²) in [6.07, 6.45) is 1.71. The van der Waals surface area contributed by atoms with Crippen LogP contribution in [0.3, 0.4) is 0 Å². The monoisotopic (exact) mass is 306 g/mol. The van der Waals surface area contributed by atoms with Gasteiger partial charge < -0.3 is 10.0 Å². The van der Waals surface area contributed by atoms with Crippen molar-refractivity contribution in [3.05, 3.63) is 21.9 Å². The molecule has 1 unspecified atom stereocenters. The molecule has 1 aromatic rings. The third-order valence-corrected chi connectivity index (χ3v) is 2.65. The van der Waals surface area contributed by atoms with E-state index in [-0.39, 0.29) is 0 Å². The number of hydrogen-bond acceptors (Lipinski definition) is 3. The van der Waals surface area contributed by atoms with Crippen molar-refractivity contribution in [2.45, 2.75) is 13.0 Å². The Balaban J connectivity index is 2.84. The number of carboxylic acids is 1. The Morgan fingerprint density at radius 2 is 2.29 bits per heavy atom. The van der Waals surface area contributed by atoms with Crippen molar-refractivity contribution < 1.29 is 9.90 Å². The number of hydrogen-bond donors (Lipinski definition) is 1. The Labute approximate surface area is 96.1 Å². The van der Waals surface area contributed by atoms with Crippen molar-refractivity contribution >= 4 is 34.4 Å². The SMILES string of the molecule is CC(C(=O)O)N(C)c1ccc(I)cn1. The van der Waals surface area contributed by atoms with Gasteiger partial charge in [0.25, 0.3) is 0 Å². The number of nitrogens with zero attached hydrogens (tertiary/aromatic N) is 2. The fourth-order valence-corrected chi connectivity index (χ4v) is 1.26. The molecule has 4 nitrogen and oxygen atoms in total. The Hall–Kier alpha value is -0.850. The van der Waals surface area contributed by atoms with Gasteiger partial charge in [0.2, 0.25) is 0 Å². The first-order valence-electron chi connectivity index (χ1n) is 4.09. The summed E-state index contributed by atoms with van der Waals surface area (Å²) in [7, 11) is 1.72. The topological polar surface area (TPSA) is 53.4 Å². The maximum Gasteiger partial charge on any atom is 0.326 e. The molecule has 0 saturated carbocycles. The highest BCUT2D eigenvalue weighted by Crippen LogP contribution is 2.13. The van der Waals surface area contributed by atoms with Gasteiger partial charge in [0.15, 0.2) is 0 Å². The lowest BCUT2D eigenvalue weighted by Gasteiger charge is -2.22. The molecule has 0 radical (unpaired) electrons. The highest BCUT2D eigenvalue weighted by Gasteiger charge is 2.17. The van der Waals surface area contributed by atoms with Crippen LogP contribution in [-0.4, -0.2) is 29.1 Å². The van der Waals surface area contributed by atoms with Gasteiger partial charge in [-0.15, -0.1) is 0 Å². The molecule has 0 aromatic carbocycles. The molecule has 1 N–H and O–H groups in total. The van der Waals surface area contributed by atoms with Crippen molar-refractivity contribution in [3.63, 3.8) is 0 Å². The summed E-state index contributed by atoms with van der Waals surface area (Å²) < 4.78 is 1.03. The second kappa shape index (κ2) is 4.59. The van der Waals surface area contributed by atoms with E-state index in [9.17, 15) is 4.79 Å². The van der Waals surface area contributed by atoms with Gasteiger partial charge in [-0.2, -0.15) is 0 Å². The molecule has 5 heteroatoms. The lowest BCUT2D eigenvalue weighted by Crippen LogP contribution is -2.36. The highest BCUT2D eigenvalue weighted by atomic mass is 127. The smallest absolute Gasteiger partial charge is 0.326 e. The van der Waals surface area contributed by atoms with Crippen molar-refractivity contribution in [1.29, 1.82) is 0 Å². The fourth-order valence-electron chi connectivity index (χ4n) is 0.941. The molecule has 0 spiro atoms. The van der Waals surface area contributed by atoms with Crippen LogP contribution in [0.4, 0.5) is 5.82 Å². The van der Waals surface area contributed by atoms with Gasteiger partial charge in [0, 0.05) is 16.8 Å². The Kier molecular flexibility index (Phi) is 3.68. The molecule has 0 saturated heterocycles. The first-order valence-corrected chi connectivity index (χ1v) is 5.17. The first kappa shape index (κ1) is 11.2. The van der Waals surface area contributed by atoms with E-state index in [1.54, 1.807) is 31.1 Å². The predicted molar refractivity (Wildman–Crippen MR) is 62.5 cm³/mol. The number of carbonyl (C=O) groups is 1. The largest absolute Gasteiger partial charge is 0.480 e. The summed E-state index contributed by atoms with van der Waals surface area (Å²) in [4.78, 5) is 16.5. The second-order valence-corrected chi connectivity index (χ2v) is 4.21. The molecular formula is C9H11IN2O2. The zero-order chi connectivity index (χ0) is 10.7. The summed E-state index contributed by atoms with van der Waals surface area (Å²) in [5.74, 6) is -0.187. The van der Waals surface area contributed by atoms with Crippen LogP contribution in [0.2, 0.25) is 0 Å². The Morgan fingerprint density at radius 3 is 2.71 bits per heavy atom. The average Bonchev–Trinajstić information content (AvgIpc) is 2.16. The third kappa shape index (κ3) is 2.57. The normalized spacial score (nSPS) is 12.2. The van der Waals surface area contributed by atoms with Gasteiger partial charge in [0.1, 0.15) is 11.9 Å². The summed E-state index contributed by atoms with van der Waals surface area (Å²) in [5, 5.41) is 8.80. The minimum absolute atomic E-state index is 0.567. The summed E-state index contributed by atoms with van der Waals surface area (Å²) in [6.45, 7) is 1.63. The maximum absolute atomic E-state index is 10.7. The molecule has 0 aliphatic heterocycles. The molecule has 0 amide bonds. The summed E-state index contributed by atoms with van der Waals surface area (Å²) >= 11 is 2.15. The van der Waals surface area contributed by atoms with Gasteiger partial charge >= 0.3 is 5.97 Å². The molecule has 1 atom stereocenters. The quantitative estimate of drug-likeness (QED) is 0.862. The van der Waals surface area contributed by atoms with Crippen LogP contribution in [0.5, 0.6) is 0 Å². The van der Waals surface area contributed by atoms with E-state index in [4.69, 9.17) is 5.11 Å². The van der Waals surface area contributed by atoms with Crippen LogP contribution in [-0.2, 0) is 4.79 Å². The fraction of sp³-hybridized carbons (Fsp3) is 0.333. The van der Waals surface area contributed by atoms with E-state index in [1.807, 2.05) is 6.07 Å². The number of pyridine rings is 1. The Bertz CT molecular complexity index is 326. The minimum Gasteiger partial charge on any atom is -0.480 e. The Morgan fingerprint density at radius 1 is 1.64 bits per heavy atom. The number of halogens is 1. The van der Waals surface area contributed by atoms with Crippen LogP contribution in [0.1, 0.15) is 6.92 Å². The molecule has 0 aliphatic rings. The first-order chi connectivity index (χ1) is 6.52. The number of likely N-dealkylation sites (N-methyl/N-ethyl adjacent to an activating group) is 1. The van der Waals surface area contributed by atoms with Crippen LogP contribution in [0.15, 0.2) is 18.3 Å². The third-order valence-electron chi connectivity index (χ3n) is 2.01. The van der Waals surface area contributed by atoms with E-state index < -0.39 is 12.0 Å². The number of aromatic nitrogens is 1. The highest BCUT2D eigenvalue weighted by molar-refractivity contribution is 14.1. The molecule has 1 aromatic heterocycles. The average molecular weight is 306 g/mol.